The first-order chi connectivity index (χ1) is 11.6. The summed E-state index contributed by atoms with van der Waals surface area (Å²) < 4.78 is 0.447. The third-order valence-corrected chi connectivity index (χ3v) is 7.99. The highest BCUT2D eigenvalue weighted by atomic mass is 32.2. The van der Waals surface area contributed by atoms with Crippen LogP contribution < -0.4 is 5.32 Å². The topological polar surface area (TPSA) is 29.1 Å². The minimum Gasteiger partial charge on any atom is -0.355 e. The van der Waals surface area contributed by atoms with Crippen LogP contribution in [0.15, 0.2) is 24.3 Å². The Morgan fingerprint density at radius 1 is 1.12 bits per heavy atom. The highest BCUT2D eigenvalue weighted by Crippen LogP contribution is 2.60. The Morgan fingerprint density at radius 2 is 1.75 bits per heavy atom. The maximum atomic E-state index is 12.3. The van der Waals surface area contributed by atoms with Crippen LogP contribution in [0.1, 0.15) is 49.7 Å². The van der Waals surface area contributed by atoms with E-state index in [-0.39, 0.29) is 5.91 Å². The average molecular weight is 344 g/mol. The zero-order chi connectivity index (χ0) is 16.6. The third kappa shape index (κ3) is 3.51. The van der Waals surface area contributed by atoms with Gasteiger partial charge in [-0.15, -0.1) is 11.8 Å². The molecule has 0 aromatic heterocycles. The summed E-state index contributed by atoms with van der Waals surface area (Å²) in [6, 6.07) is 8.44. The van der Waals surface area contributed by atoms with Crippen LogP contribution in [0.4, 0.5) is 0 Å². The lowest BCUT2D eigenvalue weighted by Crippen LogP contribution is -2.49. The van der Waals surface area contributed by atoms with Gasteiger partial charge in [-0.2, -0.15) is 0 Å². The lowest BCUT2D eigenvalue weighted by molar-refractivity contribution is -0.118. The van der Waals surface area contributed by atoms with E-state index in [1.54, 1.807) is 0 Å². The van der Waals surface area contributed by atoms with Gasteiger partial charge < -0.3 is 5.32 Å². The maximum Gasteiger partial charge on any atom is 0.230 e. The number of amides is 1. The van der Waals surface area contributed by atoms with Crippen molar-refractivity contribution in [2.24, 2.45) is 17.8 Å². The molecule has 0 spiro atoms. The van der Waals surface area contributed by atoms with Gasteiger partial charge in [0.05, 0.1) is 5.75 Å². The molecular weight excluding hydrogens is 314 g/mol. The molecule has 2 nitrogen and oxygen atoms in total. The van der Waals surface area contributed by atoms with Crippen molar-refractivity contribution in [3.63, 3.8) is 0 Å². The Hall–Kier alpha value is -0.960. The highest BCUT2D eigenvalue weighted by Gasteiger charge is 2.51. The van der Waals surface area contributed by atoms with Gasteiger partial charge in [-0.25, -0.2) is 0 Å². The second-order valence-corrected chi connectivity index (χ2v) is 9.86. The summed E-state index contributed by atoms with van der Waals surface area (Å²) in [5.41, 5.74) is 2.65. The van der Waals surface area contributed by atoms with Crippen molar-refractivity contribution in [3.05, 3.63) is 35.4 Å². The van der Waals surface area contributed by atoms with E-state index >= 15 is 0 Å². The van der Waals surface area contributed by atoms with E-state index in [1.807, 2.05) is 11.8 Å². The maximum absolute atomic E-state index is 12.3. The second kappa shape index (κ2) is 6.74. The Balaban J connectivity index is 1.23. The van der Waals surface area contributed by atoms with Gasteiger partial charge in [0.15, 0.2) is 0 Å². The fourth-order valence-corrected chi connectivity index (χ4v) is 7.30. The van der Waals surface area contributed by atoms with E-state index in [1.165, 1.54) is 49.7 Å². The van der Waals surface area contributed by atoms with Crippen molar-refractivity contribution in [1.82, 2.24) is 5.32 Å². The molecule has 1 aromatic carbocycles. The molecule has 1 aromatic rings. The Bertz CT molecular complexity index is 576. The largest absolute Gasteiger partial charge is 0.355 e. The van der Waals surface area contributed by atoms with E-state index in [0.29, 0.717) is 10.5 Å². The van der Waals surface area contributed by atoms with E-state index in [0.717, 1.165) is 30.7 Å². The second-order valence-electron chi connectivity index (χ2n) is 8.42. The van der Waals surface area contributed by atoms with Crippen LogP contribution in [0.2, 0.25) is 0 Å². The van der Waals surface area contributed by atoms with Gasteiger partial charge in [-0.1, -0.05) is 24.3 Å². The predicted molar refractivity (Wildman–Crippen MR) is 101 cm³/mol. The molecule has 0 atom stereocenters. The quantitative estimate of drug-likeness (QED) is 0.832. The summed E-state index contributed by atoms with van der Waals surface area (Å²) in [6.45, 7) is 2.89. The minimum absolute atomic E-state index is 0.226. The van der Waals surface area contributed by atoms with Gasteiger partial charge in [0.2, 0.25) is 5.91 Å². The third-order valence-electron chi connectivity index (χ3n) is 6.47. The summed E-state index contributed by atoms with van der Waals surface area (Å²) in [7, 11) is 0. The summed E-state index contributed by atoms with van der Waals surface area (Å²) >= 11 is 1.98. The summed E-state index contributed by atoms with van der Waals surface area (Å²) in [5, 5.41) is 3.13. The Kier molecular flexibility index (Phi) is 4.64. The van der Waals surface area contributed by atoms with Gasteiger partial charge in [-0.05, 0) is 80.8 Å². The molecule has 0 saturated heterocycles. The van der Waals surface area contributed by atoms with E-state index < -0.39 is 0 Å². The number of benzene rings is 1. The molecule has 5 rings (SSSR count). The lowest BCUT2D eigenvalue weighted by Gasteiger charge is -2.56. The Labute approximate surface area is 150 Å². The van der Waals surface area contributed by atoms with E-state index in [4.69, 9.17) is 0 Å². The van der Waals surface area contributed by atoms with Crippen molar-refractivity contribution < 1.29 is 4.79 Å². The smallest absolute Gasteiger partial charge is 0.230 e. The monoisotopic (exact) mass is 343 g/mol. The standard InChI is InChI=1S/C21H29NOS/c1-15-4-2-3-5-19(15)6-7-22-20(23)14-24-21-11-16-8-17(12-21)10-18(9-16)13-21/h2-5,16-18H,6-14H2,1H3,(H,22,23). The molecule has 1 N–H and O–H groups in total. The first-order valence-electron chi connectivity index (χ1n) is 9.57. The SMILES string of the molecule is Cc1ccccc1CCNC(=O)CSC12CC3CC(CC(C3)C1)C2. The summed E-state index contributed by atoms with van der Waals surface area (Å²) in [5.74, 6) is 3.78. The Morgan fingerprint density at radius 3 is 2.38 bits per heavy atom. The van der Waals surface area contributed by atoms with Crippen LogP contribution in [0.25, 0.3) is 0 Å². The zero-order valence-corrected chi connectivity index (χ0v) is 15.5. The molecule has 0 radical (unpaired) electrons. The molecule has 4 saturated carbocycles. The molecule has 0 aliphatic heterocycles. The van der Waals surface area contributed by atoms with Crippen molar-refractivity contribution >= 4 is 17.7 Å². The van der Waals surface area contributed by atoms with Crippen molar-refractivity contribution in [2.75, 3.05) is 12.3 Å². The average Bonchev–Trinajstić information content (AvgIpc) is 2.54. The number of thioether (sulfide) groups is 1. The van der Waals surface area contributed by atoms with Crippen LogP contribution in [0.5, 0.6) is 0 Å². The van der Waals surface area contributed by atoms with Gasteiger partial charge >= 0.3 is 0 Å². The van der Waals surface area contributed by atoms with Crippen molar-refractivity contribution in [2.45, 2.75) is 56.6 Å². The molecule has 24 heavy (non-hydrogen) atoms. The van der Waals surface area contributed by atoms with Crippen LogP contribution >= 0.6 is 11.8 Å². The van der Waals surface area contributed by atoms with E-state index in [9.17, 15) is 4.79 Å². The van der Waals surface area contributed by atoms with Crippen LogP contribution in [0, 0.1) is 24.7 Å². The number of hydrogen-bond donors (Lipinski definition) is 1. The van der Waals surface area contributed by atoms with Crippen molar-refractivity contribution in [3.8, 4) is 0 Å². The van der Waals surface area contributed by atoms with Gasteiger partial charge in [0.25, 0.3) is 0 Å². The number of rotatable bonds is 6. The molecule has 130 valence electrons. The molecule has 1 amide bonds. The van der Waals surface area contributed by atoms with Crippen molar-refractivity contribution in [1.29, 1.82) is 0 Å². The van der Waals surface area contributed by atoms with Gasteiger partial charge in [-0.3, -0.25) is 4.79 Å². The fraction of sp³-hybridized carbons (Fsp3) is 0.667. The van der Waals surface area contributed by atoms with Crippen LogP contribution in [0.3, 0.4) is 0 Å². The predicted octanol–water partition coefficient (Wildman–Crippen LogP) is 4.36. The number of carbonyl (C=O) groups excluding carboxylic acids is 1. The first-order valence-corrected chi connectivity index (χ1v) is 10.6. The minimum atomic E-state index is 0.226. The molecule has 4 fully saturated rings. The highest BCUT2D eigenvalue weighted by molar-refractivity contribution is 8.01. The van der Waals surface area contributed by atoms with Gasteiger partial charge in [0, 0.05) is 11.3 Å². The molecule has 3 heteroatoms. The molecule has 4 bridgehead atoms. The van der Waals surface area contributed by atoms with Crippen LogP contribution in [-0.2, 0) is 11.2 Å². The molecule has 0 heterocycles. The molecule has 0 unspecified atom stereocenters. The fourth-order valence-electron chi connectivity index (χ4n) is 5.70. The molecule has 4 aliphatic carbocycles. The summed E-state index contributed by atoms with van der Waals surface area (Å²) in [6.07, 6.45) is 9.48. The molecular formula is C21H29NOS. The number of hydrogen-bond acceptors (Lipinski definition) is 2. The van der Waals surface area contributed by atoms with E-state index in [2.05, 4.69) is 36.5 Å². The number of nitrogens with one attached hydrogen (secondary N) is 1. The number of carbonyl (C=O) groups is 1. The summed E-state index contributed by atoms with van der Waals surface area (Å²) in [4.78, 5) is 12.3. The normalized spacial score (nSPS) is 33.6. The number of aryl methyl sites for hydroxylation is 1. The lowest BCUT2D eigenvalue weighted by atomic mass is 9.56. The van der Waals surface area contributed by atoms with Gasteiger partial charge in [0.1, 0.15) is 0 Å². The first kappa shape index (κ1) is 16.5. The zero-order valence-electron chi connectivity index (χ0n) is 14.7. The van der Waals surface area contributed by atoms with Crippen LogP contribution in [-0.4, -0.2) is 23.0 Å². The molecule has 4 aliphatic rings.